The lowest BCUT2D eigenvalue weighted by Crippen LogP contribution is -2.49. The van der Waals surface area contributed by atoms with Crippen LogP contribution in [0.5, 0.6) is 0 Å². The lowest BCUT2D eigenvalue weighted by atomic mass is 10.0. The average molecular weight is 339 g/mol. The monoisotopic (exact) mass is 339 g/mol. The van der Waals surface area contributed by atoms with Crippen molar-refractivity contribution in [3.63, 3.8) is 0 Å². The predicted molar refractivity (Wildman–Crippen MR) is 96.7 cm³/mol. The van der Waals surface area contributed by atoms with Gasteiger partial charge >= 0.3 is 0 Å². The van der Waals surface area contributed by atoms with Crippen molar-refractivity contribution < 1.29 is 9.90 Å². The Morgan fingerprint density at radius 3 is 2.72 bits per heavy atom. The number of benzene rings is 1. The molecule has 0 aliphatic carbocycles. The molecule has 25 heavy (non-hydrogen) atoms. The van der Waals surface area contributed by atoms with Gasteiger partial charge in [-0.1, -0.05) is 36.8 Å². The minimum atomic E-state index is -0.678. The van der Waals surface area contributed by atoms with Gasteiger partial charge in [-0.3, -0.25) is 14.7 Å². The molecule has 3 rings (SSSR count). The number of rotatable bonds is 6. The van der Waals surface area contributed by atoms with E-state index in [4.69, 9.17) is 0 Å². The van der Waals surface area contributed by atoms with Crippen molar-refractivity contribution in [2.45, 2.75) is 38.0 Å². The second-order valence-electron chi connectivity index (χ2n) is 6.51. The largest absolute Gasteiger partial charge is 0.387 e. The highest BCUT2D eigenvalue weighted by atomic mass is 16.3. The number of piperidine rings is 1. The number of aliphatic hydroxyl groups is 1. The number of pyridine rings is 1. The van der Waals surface area contributed by atoms with Crippen LogP contribution in [0.3, 0.4) is 0 Å². The van der Waals surface area contributed by atoms with Crippen molar-refractivity contribution in [1.82, 2.24) is 15.2 Å². The molecule has 1 aliphatic rings. The first kappa shape index (κ1) is 17.6. The zero-order valence-electron chi connectivity index (χ0n) is 14.3. The maximum absolute atomic E-state index is 12.7. The summed E-state index contributed by atoms with van der Waals surface area (Å²) in [5.41, 5.74) is 1.99. The van der Waals surface area contributed by atoms with E-state index < -0.39 is 6.10 Å². The van der Waals surface area contributed by atoms with Gasteiger partial charge in [-0.2, -0.15) is 0 Å². The van der Waals surface area contributed by atoms with Crippen molar-refractivity contribution in [1.29, 1.82) is 0 Å². The van der Waals surface area contributed by atoms with Crippen molar-refractivity contribution in [3.8, 4) is 0 Å². The zero-order valence-corrected chi connectivity index (χ0v) is 14.3. The quantitative estimate of drug-likeness (QED) is 0.847. The van der Waals surface area contributed by atoms with Crippen LogP contribution in [0.15, 0.2) is 54.9 Å². The van der Waals surface area contributed by atoms with Gasteiger partial charge in [-0.15, -0.1) is 0 Å². The van der Waals surface area contributed by atoms with Gasteiger partial charge in [0, 0.05) is 25.5 Å². The molecule has 1 fully saturated rings. The topological polar surface area (TPSA) is 65.5 Å². The number of aromatic nitrogens is 1. The molecule has 1 aromatic carbocycles. The standard InChI is InChI=1S/C20H25N3O2/c24-19(17-6-2-1-3-7-17)14-22-20(25)18-8-4-5-13-23(18)15-16-9-11-21-12-10-16/h1-3,6-7,9-12,18-19,24H,4-5,8,13-15H2,(H,22,25). The Kier molecular flexibility index (Phi) is 6.14. The summed E-state index contributed by atoms with van der Waals surface area (Å²) < 4.78 is 0. The Bertz CT molecular complexity index is 663. The Morgan fingerprint density at radius 1 is 1.20 bits per heavy atom. The van der Waals surface area contributed by atoms with Crippen LogP contribution in [0.4, 0.5) is 0 Å². The Morgan fingerprint density at radius 2 is 1.96 bits per heavy atom. The number of carbonyl (C=O) groups excluding carboxylic acids is 1. The molecule has 132 valence electrons. The number of nitrogens with zero attached hydrogens (tertiary/aromatic N) is 2. The van der Waals surface area contributed by atoms with Crippen LogP contribution < -0.4 is 5.32 Å². The highest BCUT2D eigenvalue weighted by Crippen LogP contribution is 2.20. The predicted octanol–water partition coefficient (Wildman–Crippen LogP) is 2.29. The molecule has 2 aromatic rings. The molecule has 0 spiro atoms. The molecule has 5 heteroatoms. The first-order valence-electron chi connectivity index (χ1n) is 8.88. The summed E-state index contributed by atoms with van der Waals surface area (Å²) in [4.78, 5) is 18.9. The highest BCUT2D eigenvalue weighted by molar-refractivity contribution is 5.81. The molecule has 1 saturated heterocycles. The number of carbonyl (C=O) groups is 1. The molecule has 2 atom stereocenters. The van der Waals surface area contributed by atoms with E-state index in [0.29, 0.717) is 0 Å². The average Bonchev–Trinajstić information content (AvgIpc) is 2.68. The number of amides is 1. The molecule has 1 amide bonds. The van der Waals surface area contributed by atoms with E-state index >= 15 is 0 Å². The van der Waals surface area contributed by atoms with Crippen LogP contribution in [0.25, 0.3) is 0 Å². The van der Waals surface area contributed by atoms with E-state index in [1.165, 1.54) is 5.56 Å². The van der Waals surface area contributed by atoms with Gasteiger partial charge in [0.05, 0.1) is 12.1 Å². The SMILES string of the molecule is O=C(NCC(O)c1ccccc1)C1CCCCN1Cc1ccncc1. The molecule has 2 N–H and O–H groups in total. The van der Waals surface area contributed by atoms with Crippen molar-refractivity contribution in [3.05, 3.63) is 66.0 Å². The van der Waals surface area contributed by atoms with Crippen LogP contribution >= 0.6 is 0 Å². The smallest absolute Gasteiger partial charge is 0.237 e. The summed E-state index contributed by atoms with van der Waals surface area (Å²) in [5.74, 6) is 0.00346. The van der Waals surface area contributed by atoms with Crippen LogP contribution in [0.1, 0.15) is 36.5 Å². The summed E-state index contributed by atoms with van der Waals surface area (Å²) in [6.07, 6.45) is 5.92. The van der Waals surface area contributed by atoms with E-state index in [0.717, 1.165) is 37.9 Å². The molecule has 0 saturated carbocycles. The fourth-order valence-corrected chi connectivity index (χ4v) is 3.31. The van der Waals surface area contributed by atoms with Crippen molar-refractivity contribution in [2.75, 3.05) is 13.1 Å². The molecule has 2 unspecified atom stereocenters. The molecule has 1 aromatic heterocycles. The van der Waals surface area contributed by atoms with Gasteiger partial charge in [0.25, 0.3) is 0 Å². The third-order valence-corrected chi connectivity index (χ3v) is 4.71. The molecule has 1 aliphatic heterocycles. The fraction of sp³-hybridized carbons (Fsp3) is 0.400. The molecule has 0 bridgehead atoms. The third kappa shape index (κ3) is 4.87. The lowest BCUT2D eigenvalue weighted by Gasteiger charge is -2.34. The van der Waals surface area contributed by atoms with Gasteiger partial charge in [0.2, 0.25) is 5.91 Å². The van der Waals surface area contributed by atoms with Gasteiger partial charge < -0.3 is 10.4 Å². The normalized spacial score (nSPS) is 19.3. The minimum absolute atomic E-state index is 0.00346. The van der Waals surface area contributed by atoms with Gasteiger partial charge in [0.1, 0.15) is 0 Å². The lowest BCUT2D eigenvalue weighted by molar-refractivity contribution is -0.128. The summed E-state index contributed by atoms with van der Waals surface area (Å²) in [6.45, 7) is 1.91. The number of nitrogens with one attached hydrogen (secondary N) is 1. The summed E-state index contributed by atoms with van der Waals surface area (Å²) >= 11 is 0. The second kappa shape index (κ2) is 8.74. The summed E-state index contributed by atoms with van der Waals surface area (Å²) in [6, 6.07) is 13.3. The maximum atomic E-state index is 12.7. The Hall–Kier alpha value is -2.24. The number of likely N-dealkylation sites (tertiary alicyclic amines) is 1. The number of hydrogen-bond acceptors (Lipinski definition) is 4. The Balaban J connectivity index is 1.57. The van der Waals surface area contributed by atoms with E-state index in [1.54, 1.807) is 12.4 Å². The molecule has 2 heterocycles. The molecule has 5 nitrogen and oxygen atoms in total. The second-order valence-corrected chi connectivity index (χ2v) is 6.51. The first-order valence-corrected chi connectivity index (χ1v) is 8.88. The van der Waals surface area contributed by atoms with E-state index in [9.17, 15) is 9.90 Å². The Labute approximate surface area is 148 Å². The van der Waals surface area contributed by atoms with Gasteiger partial charge in [-0.05, 0) is 42.6 Å². The summed E-state index contributed by atoms with van der Waals surface area (Å²) in [5, 5.41) is 13.2. The van der Waals surface area contributed by atoms with E-state index in [2.05, 4.69) is 15.2 Å². The van der Waals surface area contributed by atoms with E-state index in [-0.39, 0.29) is 18.5 Å². The summed E-state index contributed by atoms with van der Waals surface area (Å²) in [7, 11) is 0. The van der Waals surface area contributed by atoms with Crippen molar-refractivity contribution in [2.24, 2.45) is 0 Å². The van der Waals surface area contributed by atoms with Crippen LogP contribution in [-0.4, -0.2) is 40.0 Å². The first-order chi connectivity index (χ1) is 12.2. The fourth-order valence-electron chi connectivity index (χ4n) is 3.31. The molecule has 0 radical (unpaired) electrons. The molecular formula is C20H25N3O2. The minimum Gasteiger partial charge on any atom is -0.387 e. The van der Waals surface area contributed by atoms with Gasteiger partial charge in [-0.25, -0.2) is 0 Å². The molecular weight excluding hydrogens is 314 g/mol. The van der Waals surface area contributed by atoms with E-state index in [1.807, 2.05) is 42.5 Å². The maximum Gasteiger partial charge on any atom is 0.237 e. The van der Waals surface area contributed by atoms with Crippen LogP contribution in [-0.2, 0) is 11.3 Å². The zero-order chi connectivity index (χ0) is 17.5. The number of hydrogen-bond donors (Lipinski definition) is 2. The van der Waals surface area contributed by atoms with Crippen molar-refractivity contribution >= 4 is 5.91 Å². The third-order valence-electron chi connectivity index (χ3n) is 4.71. The van der Waals surface area contributed by atoms with Gasteiger partial charge in [0.15, 0.2) is 0 Å². The van der Waals surface area contributed by atoms with Crippen LogP contribution in [0, 0.1) is 0 Å². The van der Waals surface area contributed by atoms with Crippen LogP contribution in [0.2, 0.25) is 0 Å². The number of aliphatic hydroxyl groups excluding tert-OH is 1. The highest BCUT2D eigenvalue weighted by Gasteiger charge is 2.28.